The van der Waals surface area contributed by atoms with E-state index in [4.69, 9.17) is 0 Å². The highest BCUT2D eigenvalue weighted by molar-refractivity contribution is 9.11. The first-order chi connectivity index (χ1) is 9.99. The Balaban J connectivity index is 1.81. The van der Waals surface area contributed by atoms with Gasteiger partial charge in [0.05, 0.1) is 6.54 Å². The van der Waals surface area contributed by atoms with Crippen molar-refractivity contribution in [1.82, 2.24) is 15.1 Å². The molecule has 0 bridgehead atoms. The van der Waals surface area contributed by atoms with Crippen LogP contribution in [0.15, 0.2) is 11.1 Å². The maximum Gasteiger partial charge on any atom is 0.320 e. The number of halogens is 1. The van der Waals surface area contributed by atoms with Gasteiger partial charge in [-0.3, -0.25) is 9.69 Å². The van der Waals surface area contributed by atoms with Gasteiger partial charge in [-0.05, 0) is 32.2 Å². The molecule has 0 aromatic carbocycles. The second-order valence-electron chi connectivity index (χ2n) is 5.63. The van der Waals surface area contributed by atoms with E-state index < -0.39 is 5.97 Å². The van der Waals surface area contributed by atoms with E-state index in [1.54, 1.807) is 4.90 Å². The number of carboxylic acids is 1. The number of amides is 2. The van der Waals surface area contributed by atoms with Crippen LogP contribution >= 0.6 is 15.9 Å². The van der Waals surface area contributed by atoms with Crippen LogP contribution in [0.3, 0.4) is 0 Å². The highest BCUT2D eigenvalue weighted by Crippen LogP contribution is 2.26. The van der Waals surface area contributed by atoms with Crippen LogP contribution in [-0.4, -0.2) is 65.2 Å². The highest BCUT2D eigenvalue weighted by Gasteiger charge is 2.37. The van der Waals surface area contributed by atoms with E-state index in [0.717, 1.165) is 36.7 Å². The topological polar surface area (TPSA) is 72.9 Å². The van der Waals surface area contributed by atoms with Crippen LogP contribution in [0.2, 0.25) is 0 Å². The lowest BCUT2D eigenvalue weighted by Gasteiger charge is -2.38. The number of rotatable bonds is 4. The van der Waals surface area contributed by atoms with Crippen LogP contribution in [-0.2, 0) is 4.79 Å². The first-order valence-electron chi connectivity index (χ1n) is 7.33. The standard InChI is InChI=1S/C14H22BrN3O3/c1-10(15)9-16-14(21)17-7-4-11(5-8-17)18-6-2-3-12(18)13(19)20/h11-12H,1-9H2,(H,16,21)(H,19,20). The van der Waals surface area contributed by atoms with Crippen LogP contribution in [0.25, 0.3) is 0 Å². The minimum Gasteiger partial charge on any atom is -0.480 e. The van der Waals surface area contributed by atoms with Crippen LogP contribution in [0.4, 0.5) is 4.79 Å². The first-order valence-corrected chi connectivity index (χ1v) is 8.13. The average Bonchev–Trinajstić information content (AvgIpc) is 2.94. The number of urea groups is 1. The summed E-state index contributed by atoms with van der Waals surface area (Å²) in [6, 6.07) is -0.138. The monoisotopic (exact) mass is 359 g/mol. The Morgan fingerprint density at radius 3 is 2.48 bits per heavy atom. The zero-order chi connectivity index (χ0) is 15.4. The molecular formula is C14H22BrN3O3. The minimum absolute atomic E-state index is 0.0785. The van der Waals surface area contributed by atoms with Crippen LogP contribution in [0.5, 0.6) is 0 Å². The predicted octanol–water partition coefficient (Wildman–Crippen LogP) is 1.62. The van der Waals surface area contributed by atoms with E-state index >= 15 is 0 Å². The van der Waals surface area contributed by atoms with E-state index in [9.17, 15) is 14.7 Å². The summed E-state index contributed by atoms with van der Waals surface area (Å²) in [4.78, 5) is 27.1. The molecule has 2 aliphatic rings. The lowest BCUT2D eigenvalue weighted by molar-refractivity contribution is -0.143. The van der Waals surface area contributed by atoms with E-state index in [-0.39, 0.29) is 18.1 Å². The molecule has 21 heavy (non-hydrogen) atoms. The number of nitrogens with zero attached hydrogens (tertiary/aromatic N) is 2. The summed E-state index contributed by atoms with van der Waals surface area (Å²) in [5, 5.41) is 12.0. The van der Waals surface area contributed by atoms with Crippen molar-refractivity contribution < 1.29 is 14.7 Å². The Morgan fingerprint density at radius 1 is 1.24 bits per heavy atom. The largest absolute Gasteiger partial charge is 0.480 e. The first kappa shape index (κ1) is 16.3. The molecule has 2 rings (SSSR count). The third-order valence-electron chi connectivity index (χ3n) is 4.23. The summed E-state index contributed by atoms with van der Waals surface area (Å²) in [6.07, 6.45) is 3.37. The molecule has 0 aromatic rings. The molecule has 0 spiro atoms. The van der Waals surface area contributed by atoms with Gasteiger partial charge in [0.1, 0.15) is 6.04 Å². The molecule has 0 aromatic heterocycles. The molecule has 0 aliphatic carbocycles. The third kappa shape index (κ3) is 4.20. The zero-order valence-corrected chi connectivity index (χ0v) is 13.6. The van der Waals surface area contributed by atoms with Crippen molar-refractivity contribution >= 4 is 27.9 Å². The maximum absolute atomic E-state index is 11.9. The van der Waals surface area contributed by atoms with Crippen LogP contribution in [0, 0.1) is 0 Å². The van der Waals surface area contributed by atoms with Crippen LogP contribution in [0.1, 0.15) is 25.7 Å². The van der Waals surface area contributed by atoms with Gasteiger partial charge in [0.2, 0.25) is 0 Å². The molecular weight excluding hydrogens is 338 g/mol. The van der Waals surface area contributed by atoms with Crippen molar-refractivity contribution in [3.8, 4) is 0 Å². The quantitative estimate of drug-likeness (QED) is 0.799. The fraction of sp³-hybridized carbons (Fsp3) is 0.714. The van der Waals surface area contributed by atoms with Gasteiger partial charge in [-0.1, -0.05) is 22.5 Å². The Bertz CT molecular complexity index is 422. The van der Waals surface area contributed by atoms with Crippen molar-refractivity contribution in [2.45, 2.75) is 37.8 Å². The number of hydrogen-bond donors (Lipinski definition) is 2. The third-order valence-corrected chi connectivity index (χ3v) is 4.51. The molecule has 118 valence electrons. The Kier molecular flexibility index (Phi) is 5.64. The molecule has 2 amide bonds. The minimum atomic E-state index is -0.719. The van der Waals surface area contributed by atoms with E-state index in [1.807, 2.05) is 0 Å². The smallest absolute Gasteiger partial charge is 0.320 e. The number of hydrogen-bond acceptors (Lipinski definition) is 3. The van der Waals surface area contributed by atoms with Crippen molar-refractivity contribution in [2.24, 2.45) is 0 Å². The molecule has 2 fully saturated rings. The van der Waals surface area contributed by atoms with E-state index in [2.05, 4.69) is 32.7 Å². The molecule has 0 saturated carbocycles. The summed E-state index contributed by atoms with van der Waals surface area (Å²) in [5.41, 5.74) is 0. The molecule has 0 radical (unpaired) electrons. The van der Waals surface area contributed by atoms with Gasteiger partial charge in [-0.2, -0.15) is 0 Å². The fourth-order valence-electron chi connectivity index (χ4n) is 3.18. The van der Waals surface area contributed by atoms with E-state index in [1.165, 1.54) is 0 Å². The lowest BCUT2D eigenvalue weighted by atomic mass is 10.0. The number of aliphatic carboxylic acids is 1. The number of likely N-dealkylation sites (tertiary alicyclic amines) is 2. The van der Waals surface area contributed by atoms with Crippen molar-refractivity contribution in [3.63, 3.8) is 0 Å². The summed E-state index contributed by atoms with van der Waals surface area (Å²) in [6.45, 7) is 6.31. The zero-order valence-electron chi connectivity index (χ0n) is 12.1. The van der Waals surface area contributed by atoms with Gasteiger partial charge in [0.15, 0.2) is 0 Å². The van der Waals surface area contributed by atoms with Crippen LogP contribution < -0.4 is 5.32 Å². The predicted molar refractivity (Wildman–Crippen MR) is 83.4 cm³/mol. The normalized spacial score (nSPS) is 24.0. The van der Waals surface area contributed by atoms with Gasteiger partial charge >= 0.3 is 12.0 Å². The number of piperidine rings is 1. The number of carbonyl (C=O) groups excluding carboxylic acids is 1. The van der Waals surface area contributed by atoms with Gasteiger partial charge in [-0.15, -0.1) is 0 Å². The summed E-state index contributed by atoms with van der Waals surface area (Å²) in [7, 11) is 0. The Labute approximate surface area is 133 Å². The molecule has 2 heterocycles. The van der Waals surface area contributed by atoms with Gasteiger partial charge in [0, 0.05) is 23.6 Å². The van der Waals surface area contributed by atoms with Gasteiger partial charge < -0.3 is 15.3 Å². The lowest BCUT2D eigenvalue weighted by Crippen LogP contribution is -2.51. The summed E-state index contributed by atoms with van der Waals surface area (Å²) >= 11 is 3.21. The molecule has 2 aliphatic heterocycles. The van der Waals surface area contributed by atoms with Gasteiger partial charge in [-0.25, -0.2) is 4.79 Å². The van der Waals surface area contributed by atoms with Crippen molar-refractivity contribution in [2.75, 3.05) is 26.2 Å². The molecule has 1 atom stereocenters. The Hall–Kier alpha value is -1.08. The van der Waals surface area contributed by atoms with Crippen molar-refractivity contribution in [3.05, 3.63) is 11.1 Å². The van der Waals surface area contributed by atoms with Gasteiger partial charge in [0.25, 0.3) is 0 Å². The maximum atomic E-state index is 11.9. The second-order valence-corrected chi connectivity index (χ2v) is 6.75. The highest BCUT2D eigenvalue weighted by atomic mass is 79.9. The number of carboxylic acid groups (broad SMARTS) is 1. The summed E-state index contributed by atoms with van der Waals surface area (Å²) in [5.74, 6) is -0.719. The number of nitrogens with one attached hydrogen (secondary N) is 1. The molecule has 1 unspecified atom stereocenters. The molecule has 2 saturated heterocycles. The molecule has 2 N–H and O–H groups in total. The fourth-order valence-corrected chi connectivity index (χ4v) is 3.32. The SMILES string of the molecule is C=C(Br)CNC(=O)N1CCC(N2CCCC2C(=O)O)CC1. The van der Waals surface area contributed by atoms with E-state index in [0.29, 0.717) is 19.6 Å². The molecule has 7 heteroatoms. The summed E-state index contributed by atoms with van der Waals surface area (Å²) < 4.78 is 0.743. The Morgan fingerprint density at radius 2 is 1.90 bits per heavy atom. The average molecular weight is 360 g/mol. The van der Waals surface area contributed by atoms with Crippen molar-refractivity contribution in [1.29, 1.82) is 0 Å². The molecule has 6 nitrogen and oxygen atoms in total. The second kappa shape index (κ2) is 7.26. The number of carbonyl (C=O) groups is 2.